The van der Waals surface area contributed by atoms with Gasteiger partial charge in [-0.05, 0) is 57.4 Å². The van der Waals surface area contributed by atoms with Gasteiger partial charge in [-0.1, -0.05) is 75.3 Å². The molecule has 0 aromatic heterocycles. The van der Waals surface area contributed by atoms with Crippen molar-refractivity contribution in [1.29, 1.82) is 0 Å². The van der Waals surface area contributed by atoms with E-state index in [-0.39, 0.29) is 113 Å². The number of carbonyl (C=O) groups is 8. The predicted octanol–water partition coefficient (Wildman–Crippen LogP) is 6.03. The lowest BCUT2D eigenvalue weighted by Gasteiger charge is -2.12. The van der Waals surface area contributed by atoms with E-state index < -0.39 is 23.8 Å². The number of hydrogen-bond donors (Lipinski definition) is 4. The second-order valence-corrected chi connectivity index (χ2v) is 16.3. The van der Waals surface area contributed by atoms with Crippen molar-refractivity contribution in [3.05, 3.63) is 35.9 Å². The van der Waals surface area contributed by atoms with Gasteiger partial charge in [0.2, 0.25) is 11.8 Å². The average molecular weight is 905 g/mol. The standard InChI is InChI=1S/C48H76N2O14/c1-38(51)36-63-32-30-61-28-15-21-44(54)37-64-33-31-62-29-27-50-46(56)25-23-40(47(57)58)34-42(52)19-12-7-5-3-2-4-6-8-13-26-49-45(55)24-22-41(48(59)60)35-43(53)20-14-18-39-16-10-9-11-17-39/h9-11,16-17,40-41H,2-8,12-15,18-37H2,1H3,(H,49,55)(H,50,56)(H,57,58)(H,59,60)/t40-,41-/m1/s1. The van der Waals surface area contributed by atoms with Crippen LogP contribution in [0.2, 0.25) is 0 Å². The molecule has 0 radical (unpaired) electrons. The van der Waals surface area contributed by atoms with Crippen molar-refractivity contribution in [2.45, 2.75) is 142 Å². The maximum atomic E-state index is 12.5. The summed E-state index contributed by atoms with van der Waals surface area (Å²) >= 11 is 0. The molecule has 2 atom stereocenters. The molecule has 16 nitrogen and oxygen atoms in total. The minimum absolute atomic E-state index is 0.0153. The van der Waals surface area contributed by atoms with E-state index in [9.17, 15) is 48.6 Å². The lowest BCUT2D eigenvalue weighted by molar-refractivity contribution is -0.144. The predicted molar refractivity (Wildman–Crippen MR) is 240 cm³/mol. The maximum absolute atomic E-state index is 12.5. The van der Waals surface area contributed by atoms with Crippen molar-refractivity contribution < 1.29 is 67.5 Å². The normalized spacial score (nSPS) is 12.0. The van der Waals surface area contributed by atoms with E-state index in [0.29, 0.717) is 64.9 Å². The molecule has 16 heteroatoms. The summed E-state index contributed by atoms with van der Waals surface area (Å²) in [6, 6.07) is 9.83. The highest BCUT2D eigenvalue weighted by molar-refractivity contribution is 5.85. The van der Waals surface area contributed by atoms with Crippen molar-refractivity contribution >= 4 is 46.9 Å². The van der Waals surface area contributed by atoms with Crippen LogP contribution in [-0.4, -0.2) is 123 Å². The molecule has 0 unspecified atom stereocenters. The summed E-state index contributed by atoms with van der Waals surface area (Å²) < 4.78 is 21.1. The zero-order chi connectivity index (χ0) is 47.0. The fourth-order valence-corrected chi connectivity index (χ4v) is 6.76. The third kappa shape index (κ3) is 35.0. The van der Waals surface area contributed by atoms with Gasteiger partial charge in [0, 0.05) is 64.6 Å². The zero-order valence-electron chi connectivity index (χ0n) is 38.3. The number of rotatable bonds is 45. The quantitative estimate of drug-likeness (QED) is 0.0547. The van der Waals surface area contributed by atoms with Crippen LogP contribution >= 0.6 is 0 Å². The molecule has 64 heavy (non-hydrogen) atoms. The molecule has 1 aromatic rings. The molecule has 0 fully saturated rings. The maximum Gasteiger partial charge on any atom is 0.306 e. The smallest absolute Gasteiger partial charge is 0.306 e. The Kier molecular flexibility index (Phi) is 35.1. The number of hydrogen-bond acceptors (Lipinski definition) is 12. The summed E-state index contributed by atoms with van der Waals surface area (Å²) in [7, 11) is 0. The van der Waals surface area contributed by atoms with Gasteiger partial charge in [-0.15, -0.1) is 0 Å². The first-order valence-electron chi connectivity index (χ1n) is 23.3. The van der Waals surface area contributed by atoms with Crippen LogP contribution in [0.25, 0.3) is 0 Å². The van der Waals surface area contributed by atoms with Crippen LogP contribution in [0.1, 0.15) is 141 Å². The van der Waals surface area contributed by atoms with E-state index in [4.69, 9.17) is 18.9 Å². The van der Waals surface area contributed by atoms with Gasteiger partial charge in [-0.2, -0.15) is 0 Å². The van der Waals surface area contributed by atoms with Gasteiger partial charge in [0.25, 0.3) is 0 Å². The Morgan fingerprint density at radius 1 is 0.484 bits per heavy atom. The van der Waals surface area contributed by atoms with E-state index in [0.717, 1.165) is 63.4 Å². The van der Waals surface area contributed by atoms with Crippen LogP contribution in [-0.2, 0) is 63.7 Å². The summed E-state index contributed by atoms with van der Waals surface area (Å²) in [5.41, 5.74) is 1.14. The summed E-state index contributed by atoms with van der Waals surface area (Å²) in [5, 5.41) is 24.7. The minimum atomic E-state index is -1.09. The first-order chi connectivity index (χ1) is 30.9. The molecule has 4 N–H and O–H groups in total. The molecule has 0 heterocycles. The van der Waals surface area contributed by atoms with Crippen LogP contribution in [0.4, 0.5) is 0 Å². The van der Waals surface area contributed by atoms with Crippen LogP contribution in [0.3, 0.4) is 0 Å². The van der Waals surface area contributed by atoms with Gasteiger partial charge in [0.05, 0.1) is 44.9 Å². The second-order valence-electron chi connectivity index (χ2n) is 16.3. The number of ketones is 4. The van der Waals surface area contributed by atoms with Crippen molar-refractivity contribution in [2.75, 3.05) is 65.9 Å². The number of amides is 2. The lowest BCUT2D eigenvalue weighted by Crippen LogP contribution is -2.29. The summed E-state index contributed by atoms with van der Waals surface area (Å²) in [6.45, 7) is 4.02. The summed E-state index contributed by atoms with van der Waals surface area (Å²) in [5.74, 6) is -4.74. The minimum Gasteiger partial charge on any atom is -0.481 e. The fraction of sp³-hybridized carbons (Fsp3) is 0.708. The molecule has 0 saturated carbocycles. The second kappa shape index (κ2) is 39.0. The number of carboxylic acid groups (broad SMARTS) is 2. The Morgan fingerprint density at radius 3 is 1.52 bits per heavy atom. The largest absolute Gasteiger partial charge is 0.481 e. The van der Waals surface area contributed by atoms with Crippen molar-refractivity contribution in [1.82, 2.24) is 10.6 Å². The van der Waals surface area contributed by atoms with Crippen LogP contribution < -0.4 is 10.6 Å². The molecule has 1 rings (SSSR count). The molecule has 0 aliphatic heterocycles. The van der Waals surface area contributed by atoms with E-state index in [2.05, 4.69) is 10.6 Å². The number of carbonyl (C=O) groups excluding carboxylic acids is 6. The summed E-state index contributed by atoms with van der Waals surface area (Å²) in [6.07, 6.45) is 11.6. The number of benzene rings is 1. The molecule has 1 aromatic carbocycles. The van der Waals surface area contributed by atoms with Gasteiger partial charge in [-0.3, -0.25) is 38.4 Å². The number of nitrogens with one attached hydrogen (secondary N) is 2. The Bertz CT molecular complexity index is 1490. The number of carboxylic acids is 2. The van der Waals surface area contributed by atoms with Crippen molar-refractivity contribution in [3.8, 4) is 0 Å². The Morgan fingerprint density at radius 2 is 0.953 bits per heavy atom. The number of aryl methyl sites for hydroxylation is 1. The lowest BCUT2D eigenvalue weighted by atomic mass is 9.94. The monoisotopic (exact) mass is 905 g/mol. The van der Waals surface area contributed by atoms with Gasteiger partial charge in [0.15, 0.2) is 11.6 Å². The zero-order valence-corrected chi connectivity index (χ0v) is 38.3. The number of ether oxygens (including phenoxy) is 4. The number of aliphatic carboxylic acids is 2. The fourth-order valence-electron chi connectivity index (χ4n) is 6.76. The van der Waals surface area contributed by atoms with Crippen LogP contribution in [0, 0.1) is 11.8 Å². The van der Waals surface area contributed by atoms with Crippen molar-refractivity contribution in [2.24, 2.45) is 11.8 Å². The topological polar surface area (TPSA) is 238 Å². The highest BCUT2D eigenvalue weighted by Gasteiger charge is 2.23. The van der Waals surface area contributed by atoms with E-state index >= 15 is 0 Å². The van der Waals surface area contributed by atoms with Gasteiger partial charge < -0.3 is 39.8 Å². The Labute approximate surface area is 379 Å². The molecule has 0 bridgehead atoms. The van der Waals surface area contributed by atoms with E-state index in [1.165, 1.54) is 6.92 Å². The first kappa shape index (κ1) is 57.6. The number of Topliss-reactive ketones (excluding diaryl/α,β-unsaturated/α-hetero) is 4. The molecule has 0 aliphatic carbocycles. The third-order valence-electron chi connectivity index (χ3n) is 10.4. The molecule has 0 saturated heterocycles. The van der Waals surface area contributed by atoms with Gasteiger partial charge in [-0.25, -0.2) is 0 Å². The molecular formula is C48H76N2O14. The highest BCUT2D eigenvalue weighted by atomic mass is 16.5. The summed E-state index contributed by atoms with van der Waals surface area (Å²) in [4.78, 5) is 95.4. The highest BCUT2D eigenvalue weighted by Crippen LogP contribution is 2.17. The molecular weight excluding hydrogens is 829 g/mol. The molecule has 0 spiro atoms. The van der Waals surface area contributed by atoms with E-state index in [1.807, 2.05) is 30.3 Å². The Hall–Kier alpha value is -4.38. The molecule has 0 aliphatic rings. The van der Waals surface area contributed by atoms with Gasteiger partial charge in [0.1, 0.15) is 24.8 Å². The SMILES string of the molecule is CC(=O)COCCOCCCC(=O)COCCOCCNC(=O)CC[C@H](CC(=O)CCCCCCCCCCCNC(=O)CC[C@H](CC(=O)CCCc1ccccc1)C(=O)O)C(=O)O. The molecule has 362 valence electrons. The van der Waals surface area contributed by atoms with Crippen molar-refractivity contribution in [3.63, 3.8) is 0 Å². The van der Waals surface area contributed by atoms with Crippen LogP contribution in [0.15, 0.2) is 30.3 Å². The Balaban J connectivity index is 1.98. The van der Waals surface area contributed by atoms with Gasteiger partial charge >= 0.3 is 11.9 Å². The molecule has 2 amide bonds. The van der Waals surface area contributed by atoms with E-state index in [1.54, 1.807) is 0 Å². The average Bonchev–Trinajstić information content (AvgIpc) is 3.26. The first-order valence-corrected chi connectivity index (χ1v) is 23.3. The third-order valence-corrected chi connectivity index (χ3v) is 10.4. The number of unbranched alkanes of at least 4 members (excludes halogenated alkanes) is 8. The van der Waals surface area contributed by atoms with Crippen LogP contribution in [0.5, 0.6) is 0 Å².